The third-order valence-electron chi connectivity index (χ3n) is 2.25. The molecule has 1 aromatic carbocycles. The predicted molar refractivity (Wildman–Crippen MR) is 63.6 cm³/mol. The molecule has 0 fully saturated rings. The van der Waals surface area contributed by atoms with Crippen molar-refractivity contribution in [1.29, 1.82) is 0 Å². The van der Waals surface area contributed by atoms with E-state index in [1.807, 2.05) is 31.2 Å². The fourth-order valence-corrected chi connectivity index (χ4v) is 1.88. The summed E-state index contributed by atoms with van der Waals surface area (Å²) in [6.07, 6.45) is 1.70. The first-order valence-corrected chi connectivity index (χ1v) is 5.80. The van der Waals surface area contributed by atoms with Crippen LogP contribution >= 0.6 is 11.7 Å². The molecule has 84 valence electrons. The van der Waals surface area contributed by atoms with Crippen LogP contribution in [0.5, 0.6) is 5.75 Å². The van der Waals surface area contributed by atoms with Crippen LogP contribution in [0.2, 0.25) is 0 Å². The lowest BCUT2D eigenvalue weighted by atomic mass is 10.1. The summed E-state index contributed by atoms with van der Waals surface area (Å²) in [4.78, 5) is 0. The maximum Gasteiger partial charge on any atom is 0.119 e. The molecule has 0 radical (unpaired) electrons. The Morgan fingerprint density at radius 2 is 2.12 bits per heavy atom. The van der Waals surface area contributed by atoms with E-state index in [1.165, 1.54) is 11.7 Å². The van der Waals surface area contributed by atoms with Gasteiger partial charge in [-0.25, -0.2) is 0 Å². The van der Waals surface area contributed by atoms with Crippen molar-refractivity contribution in [2.75, 3.05) is 6.61 Å². The number of nitrogens with two attached hydrogens (primary N) is 1. The second kappa shape index (κ2) is 5.05. The van der Waals surface area contributed by atoms with Crippen LogP contribution < -0.4 is 10.5 Å². The van der Waals surface area contributed by atoms with Gasteiger partial charge in [0, 0.05) is 0 Å². The summed E-state index contributed by atoms with van der Waals surface area (Å²) in [5.74, 6) is 0.856. The van der Waals surface area contributed by atoms with E-state index in [4.69, 9.17) is 10.5 Å². The molecule has 5 heteroatoms. The zero-order valence-electron chi connectivity index (χ0n) is 8.96. The summed E-state index contributed by atoms with van der Waals surface area (Å²) in [5, 5.41) is 0. The Morgan fingerprint density at radius 1 is 1.38 bits per heavy atom. The van der Waals surface area contributed by atoms with E-state index in [9.17, 15) is 0 Å². The molecular weight excluding hydrogens is 222 g/mol. The Bertz CT molecular complexity index is 427. The van der Waals surface area contributed by atoms with E-state index >= 15 is 0 Å². The molecule has 0 aliphatic heterocycles. The summed E-state index contributed by atoms with van der Waals surface area (Å²) >= 11 is 1.17. The van der Waals surface area contributed by atoms with Crippen molar-refractivity contribution in [2.24, 2.45) is 5.73 Å². The maximum absolute atomic E-state index is 6.05. The molecule has 0 aliphatic carbocycles. The first-order chi connectivity index (χ1) is 7.81. The first-order valence-electron chi connectivity index (χ1n) is 5.07. The molecule has 2 N–H and O–H groups in total. The van der Waals surface area contributed by atoms with Crippen LogP contribution in [0.4, 0.5) is 0 Å². The van der Waals surface area contributed by atoms with E-state index in [-0.39, 0.29) is 6.04 Å². The second-order valence-electron chi connectivity index (χ2n) is 3.31. The van der Waals surface area contributed by atoms with Gasteiger partial charge in [0.2, 0.25) is 0 Å². The highest BCUT2D eigenvalue weighted by Crippen LogP contribution is 2.20. The summed E-state index contributed by atoms with van der Waals surface area (Å²) in [6.45, 7) is 2.63. The Kier molecular flexibility index (Phi) is 3.48. The van der Waals surface area contributed by atoms with Crippen LogP contribution in [0.25, 0.3) is 0 Å². The minimum atomic E-state index is -0.213. The quantitative estimate of drug-likeness (QED) is 0.880. The van der Waals surface area contributed by atoms with Gasteiger partial charge >= 0.3 is 0 Å². The van der Waals surface area contributed by atoms with Crippen LogP contribution in [0.1, 0.15) is 24.2 Å². The number of hydrogen-bond acceptors (Lipinski definition) is 5. The molecule has 0 bridgehead atoms. The normalized spacial score (nSPS) is 12.4. The van der Waals surface area contributed by atoms with Crippen LogP contribution in [0.15, 0.2) is 30.5 Å². The zero-order chi connectivity index (χ0) is 11.4. The summed E-state index contributed by atoms with van der Waals surface area (Å²) in [7, 11) is 0. The number of rotatable bonds is 4. The molecule has 0 aliphatic rings. The lowest BCUT2D eigenvalue weighted by Crippen LogP contribution is -2.11. The maximum atomic E-state index is 6.05. The summed E-state index contributed by atoms with van der Waals surface area (Å²) in [5.41, 5.74) is 7.86. The van der Waals surface area contributed by atoms with E-state index in [0.29, 0.717) is 6.61 Å². The predicted octanol–water partition coefficient (Wildman–Crippen LogP) is 1.98. The smallest absolute Gasteiger partial charge is 0.119 e. The third kappa shape index (κ3) is 2.37. The van der Waals surface area contributed by atoms with Gasteiger partial charge in [0.15, 0.2) is 0 Å². The van der Waals surface area contributed by atoms with Crippen LogP contribution in [0.3, 0.4) is 0 Å². The summed E-state index contributed by atoms with van der Waals surface area (Å²) < 4.78 is 13.4. The van der Waals surface area contributed by atoms with Crippen molar-refractivity contribution in [3.8, 4) is 5.75 Å². The van der Waals surface area contributed by atoms with Gasteiger partial charge in [-0.2, -0.15) is 8.75 Å². The van der Waals surface area contributed by atoms with Gasteiger partial charge < -0.3 is 10.5 Å². The van der Waals surface area contributed by atoms with E-state index in [1.54, 1.807) is 6.20 Å². The fourth-order valence-electron chi connectivity index (χ4n) is 1.42. The fraction of sp³-hybridized carbons (Fsp3) is 0.273. The first kappa shape index (κ1) is 11.0. The third-order valence-corrected chi connectivity index (χ3v) is 2.74. The van der Waals surface area contributed by atoms with E-state index in [2.05, 4.69) is 8.75 Å². The van der Waals surface area contributed by atoms with Gasteiger partial charge in [0.05, 0.1) is 36.3 Å². The minimum absolute atomic E-state index is 0.213. The van der Waals surface area contributed by atoms with Crippen molar-refractivity contribution in [2.45, 2.75) is 13.0 Å². The highest BCUT2D eigenvalue weighted by molar-refractivity contribution is 6.99. The van der Waals surface area contributed by atoms with Gasteiger partial charge in [-0.05, 0) is 24.6 Å². The molecule has 0 saturated heterocycles. The minimum Gasteiger partial charge on any atom is -0.494 e. The van der Waals surface area contributed by atoms with Crippen LogP contribution in [0, 0.1) is 0 Å². The molecule has 0 spiro atoms. The SMILES string of the molecule is CCOc1ccc(C(N)c2cnsn2)cc1. The number of hydrogen-bond donors (Lipinski definition) is 1. The van der Waals surface area contributed by atoms with Crippen molar-refractivity contribution in [3.05, 3.63) is 41.7 Å². The molecule has 1 aromatic heterocycles. The number of nitrogens with zero attached hydrogens (tertiary/aromatic N) is 2. The van der Waals surface area contributed by atoms with Crippen molar-refractivity contribution in [3.63, 3.8) is 0 Å². The highest BCUT2D eigenvalue weighted by atomic mass is 32.1. The Morgan fingerprint density at radius 3 is 2.69 bits per heavy atom. The van der Waals surface area contributed by atoms with Crippen LogP contribution in [-0.4, -0.2) is 15.4 Å². The number of ether oxygens (including phenoxy) is 1. The van der Waals surface area contributed by atoms with Gasteiger partial charge in [0.1, 0.15) is 5.75 Å². The lowest BCUT2D eigenvalue weighted by Gasteiger charge is -2.09. The van der Waals surface area contributed by atoms with E-state index in [0.717, 1.165) is 17.0 Å². The van der Waals surface area contributed by atoms with Gasteiger partial charge in [-0.1, -0.05) is 12.1 Å². The standard InChI is InChI=1S/C11H13N3OS/c1-2-15-9-5-3-8(4-6-9)11(12)10-7-13-16-14-10/h3-7,11H,2,12H2,1H3. The number of aromatic nitrogens is 2. The van der Waals surface area contributed by atoms with Crippen molar-refractivity contribution < 1.29 is 4.74 Å². The summed E-state index contributed by atoms with van der Waals surface area (Å²) in [6, 6.07) is 7.52. The molecule has 2 aromatic rings. The van der Waals surface area contributed by atoms with Gasteiger partial charge in [-0.3, -0.25) is 0 Å². The second-order valence-corrected chi connectivity index (χ2v) is 3.87. The molecule has 2 rings (SSSR count). The molecule has 1 heterocycles. The van der Waals surface area contributed by atoms with Crippen molar-refractivity contribution >= 4 is 11.7 Å². The Hall–Kier alpha value is -1.46. The van der Waals surface area contributed by atoms with Crippen molar-refractivity contribution in [1.82, 2.24) is 8.75 Å². The molecule has 16 heavy (non-hydrogen) atoms. The highest BCUT2D eigenvalue weighted by Gasteiger charge is 2.11. The average molecular weight is 235 g/mol. The number of benzene rings is 1. The topological polar surface area (TPSA) is 61.0 Å². The van der Waals surface area contributed by atoms with Crippen LogP contribution in [-0.2, 0) is 0 Å². The largest absolute Gasteiger partial charge is 0.494 e. The lowest BCUT2D eigenvalue weighted by molar-refractivity contribution is 0.340. The van der Waals surface area contributed by atoms with E-state index < -0.39 is 0 Å². The zero-order valence-corrected chi connectivity index (χ0v) is 9.78. The van der Waals surface area contributed by atoms with Gasteiger partial charge in [0.25, 0.3) is 0 Å². The Balaban J connectivity index is 2.15. The molecule has 1 unspecified atom stereocenters. The Labute approximate surface area is 98.4 Å². The molecule has 0 amide bonds. The van der Waals surface area contributed by atoms with Gasteiger partial charge in [-0.15, -0.1) is 0 Å². The monoisotopic (exact) mass is 235 g/mol. The molecule has 4 nitrogen and oxygen atoms in total. The molecule has 0 saturated carbocycles. The molecular formula is C11H13N3OS. The molecule has 1 atom stereocenters. The average Bonchev–Trinajstić information content (AvgIpc) is 2.83.